The summed E-state index contributed by atoms with van der Waals surface area (Å²) < 4.78 is 12.4. The van der Waals surface area contributed by atoms with Gasteiger partial charge in [0.2, 0.25) is 5.91 Å². The van der Waals surface area contributed by atoms with Crippen LogP contribution in [0.25, 0.3) is 11.1 Å². The van der Waals surface area contributed by atoms with Crippen LogP contribution >= 0.6 is 11.6 Å². The van der Waals surface area contributed by atoms with Gasteiger partial charge in [0.1, 0.15) is 12.6 Å². The van der Waals surface area contributed by atoms with E-state index >= 15 is 0 Å². The van der Waals surface area contributed by atoms with Gasteiger partial charge in [-0.2, -0.15) is 0 Å². The van der Waals surface area contributed by atoms with Crippen molar-refractivity contribution in [3.63, 3.8) is 0 Å². The molecule has 0 saturated carbocycles. The smallest absolute Gasteiger partial charge is 0.407 e. The predicted octanol–water partition coefficient (Wildman–Crippen LogP) is 8.79. The average Bonchev–Trinajstić information content (AvgIpc) is 3.50. The summed E-state index contributed by atoms with van der Waals surface area (Å²) in [5.41, 5.74) is 5.91. The van der Waals surface area contributed by atoms with Gasteiger partial charge in [0, 0.05) is 40.7 Å². The second-order valence-electron chi connectivity index (χ2n) is 13.5. The van der Waals surface area contributed by atoms with Crippen molar-refractivity contribution in [3.8, 4) is 11.1 Å². The molecule has 1 heterocycles. The zero-order valence-corrected chi connectivity index (χ0v) is 29.9. The fourth-order valence-corrected chi connectivity index (χ4v) is 7.82. The number of carbonyl (C=O) groups excluding carboxylic acids is 3. The van der Waals surface area contributed by atoms with E-state index in [4.69, 9.17) is 21.1 Å². The topological polar surface area (TPSA) is 84.9 Å². The van der Waals surface area contributed by atoms with Gasteiger partial charge < -0.3 is 19.7 Å². The number of nitrogens with one attached hydrogen (secondary N) is 1. The molecule has 1 aliphatic carbocycles. The maximum atomic E-state index is 14.3. The number of hydrogen-bond acceptors (Lipinski definition) is 5. The normalized spacial score (nSPS) is 15.5. The summed E-state index contributed by atoms with van der Waals surface area (Å²) in [5.74, 6) is -1.18. The number of benzene rings is 5. The Labute approximate surface area is 309 Å². The first-order valence-corrected chi connectivity index (χ1v) is 18.2. The number of halogens is 1. The molecule has 7 rings (SSSR count). The molecule has 2 aliphatic rings. The Kier molecular flexibility index (Phi) is 10.4. The Morgan fingerprint density at radius 3 is 1.98 bits per heavy atom. The second-order valence-corrected chi connectivity index (χ2v) is 13.9. The van der Waals surface area contributed by atoms with E-state index in [1.54, 1.807) is 11.0 Å². The molecule has 1 N–H and O–H groups in total. The molecule has 1 aliphatic heterocycles. The number of carbonyl (C=O) groups is 3. The summed E-state index contributed by atoms with van der Waals surface area (Å²) in [6, 6.07) is 39.4. The molecule has 0 spiro atoms. The third kappa shape index (κ3) is 7.06. The maximum absolute atomic E-state index is 14.3. The number of likely N-dealkylation sites (tertiary alicyclic amines) is 1. The molecule has 0 radical (unpaired) electrons. The molecule has 1 saturated heterocycles. The van der Waals surface area contributed by atoms with Gasteiger partial charge in [-0.05, 0) is 54.5 Å². The number of hydrogen-bond donors (Lipinski definition) is 1. The van der Waals surface area contributed by atoms with Crippen molar-refractivity contribution in [1.29, 1.82) is 0 Å². The summed E-state index contributed by atoms with van der Waals surface area (Å²) in [6.07, 6.45) is 1.54. The molecule has 1 fully saturated rings. The fraction of sp³-hybridized carbons (Fsp3) is 0.250. The van der Waals surface area contributed by atoms with Crippen molar-refractivity contribution in [2.75, 3.05) is 19.7 Å². The number of amides is 2. The second kappa shape index (κ2) is 15.5. The lowest BCUT2D eigenvalue weighted by atomic mass is 9.79. The number of rotatable bonds is 10. The average molecular weight is 713 g/mol. The van der Waals surface area contributed by atoms with Gasteiger partial charge in [-0.25, -0.2) is 4.79 Å². The third-order valence-electron chi connectivity index (χ3n) is 10.1. The number of nitrogens with zero attached hydrogens (tertiary/aromatic N) is 1. The number of esters is 1. The number of fused-ring (bicyclic) bond motifs is 3. The highest BCUT2D eigenvalue weighted by Gasteiger charge is 2.43. The van der Waals surface area contributed by atoms with Crippen molar-refractivity contribution < 1.29 is 23.9 Å². The Morgan fingerprint density at radius 2 is 1.33 bits per heavy atom. The van der Waals surface area contributed by atoms with Gasteiger partial charge in [0.25, 0.3) is 0 Å². The number of piperidine rings is 1. The van der Waals surface area contributed by atoms with E-state index in [0.29, 0.717) is 34.8 Å². The van der Waals surface area contributed by atoms with Crippen molar-refractivity contribution in [2.45, 2.75) is 50.2 Å². The number of alkyl carbamates (subject to hydrolysis) is 1. The quantitative estimate of drug-likeness (QED) is 0.116. The molecule has 8 heteroatoms. The van der Waals surface area contributed by atoms with Crippen LogP contribution in [0, 0.1) is 6.92 Å². The van der Waals surface area contributed by atoms with E-state index in [2.05, 4.69) is 17.4 Å². The van der Waals surface area contributed by atoms with Crippen molar-refractivity contribution in [1.82, 2.24) is 10.2 Å². The Hall–Kier alpha value is -5.40. The molecule has 2 atom stereocenters. The highest BCUT2D eigenvalue weighted by Crippen LogP contribution is 2.45. The van der Waals surface area contributed by atoms with E-state index in [1.807, 2.05) is 116 Å². The van der Waals surface area contributed by atoms with Gasteiger partial charge in [-0.3, -0.25) is 9.59 Å². The molecular weight excluding hydrogens is 672 g/mol. The third-order valence-corrected chi connectivity index (χ3v) is 10.5. The van der Waals surface area contributed by atoms with Crippen LogP contribution in [0.15, 0.2) is 127 Å². The zero-order valence-electron chi connectivity index (χ0n) is 29.1. The Balaban J connectivity index is 1.17. The van der Waals surface area contributed by atoms with Gasteiger partial charge in [0.05, 0.1) is 6.42 Å². The van der Waals surface area contributed by atoms with Crippen LogP contribution in [0.4, 0.5) is 4.79 Å². The van der Waals surface area contributed by atoms with E-state index in [-0.39, 0.29) is 18.4 Å². The SMILES string of the molecule is Cc1ccc(C(OC(=O)C[C@H](NC(=O)OCC2c3ccccc3-c3ccccc32)C(=O)N2CCCCC2)(c2ccccc2)c2ccccc2Cl)cc1. The first-order valence-electron chi connectivity index (χ1n) is 17.8. The lowest BCUT2D eigenvalue weighted by Crippen LogP contribution is -2.51. The highest BCUT2D eigenvalue weighted by atomic mass is 35.5. The van der Waals surface area contributed by atoms with Gasteiger partial charge in [0.15, 0.2) is 5.60 Å². The summed E-state index contributed by atoms with van der Waals surface area (Å²) in [4.78, 5) is 43.7. The van der Waals surface area contributed by atoms with Crippen LogP contribution in [0.1, 0.15) is 65.0 Å². The molecule has 5 aromatic carbocycles. The molecule has 52 heavy (non-hydrogen) atoms. The number of ether oxygens (including phenoxy) is 2. The summed E-state index contributed by atoms with van der Waals surface area (Å²) in [6.45, 7) is 3.16. The summed E-state index contributed by atoms with van der Waals surface area (Å²) in [7, 11) is 0. The summed E-state index contributed by atoms with van der Waals surface area (Å²) >= 11 is 6.88. The standard InChI is InChI=1S/C44H41ClN2O5/c1-30-22-24-32(25-23-30)44(31-14-4-2-5-15-31,38-20-10-11-21-39(38)45)52-41(48)28-40(42(49)47-26-12-3-13-27-47)46-43(50)51-29-37-35-18-8-6-16-33(35)34-17-7-9-19-36(34)37/h2,4-11,14-25,37,40H,3,12-13,26-29H2,1H3,(H,46,50)/t40-,44?/m0/s1. The van der Waals surface area contributed by atoms with Crippen LogP contribution in [0.2, 0.25) is 5.02 Å². The van der Waals surface area contributed by atoms with Gasteiger partial charge in [-0.15, -0.1) is 0 Å². The highest BCUT2D eigenvalue weighted by molar-refractivity contribution is 6.31. The molecular formula is C44H41ClN2O5. The Bertz CT molecular complexity index is 2020. The molecule has 1 unspecified atom stereocenters. The van der Waals surface area contributed by atoms with Crippen LogP contribution in [-0.2, 0) is 24.7 Å². The minimum absolute atomic E-state index is 0.0754. The van der Waals surface area contributed by atoms with Gasteiger partial charge >= 0.3 is 12.1 Å². The van der Waals surface area contributed by atoms with Crippen molar-refractivity contribution in [3.05, 3.63) is 166 Å². The largest absolute Gasteiger partial charge is 0.449 e. The number of aryl methyl sites for hydroxylation is 1. The molecule has 0 bridgehead atoms. The minimum atomic E-state index is -1.45. The zero-order chi connectivity index (χ0) is 36.1. The minimum Gasteiger partial charge on any atom is -0.449 e. The van der Waals surface area contributed by atoms with Crippen LogP contribution in [0.5, 0.6) is 0 Å². The van der Waals surface area contributed by atoms with Gasteiger partial charge in [-0.1, -0.05) is 138 Å². The fourth-order valence-electron chi connectivity index (χ4n) is 7.55. The van der Waals surface area contributed by atoms with E-state index in [9.17, 15) is 14.4 Å². The molecule has 7 nitrogen and oxygen atoms in total. The predicted molar refractivity (Wildman–Crippen MR) is 202 cm³/mol. The van der Waals surface area contributed by atoms with Crippen molar-refractivity contribution in [2.24, 2.45) is 0 Å². The van der Waals surface area contributed by atoms with E-state index in [1.165, 1.54) is 0 Å². The maximum Gasteiger partial charge on any atom is 0.407 e. The molecule has 5 aromatic rings. The van der Waals surface area contributed by atoms with Crippen LogP contribution < -0.4 is 5.32 Å². The molecule has 264 valence electrons. The van der Waals surface area contributed by atoms with Crippen molar-refractivity contribution >= 4 is 29.6 Å². The Morgan fingerprint density at radius 1 is 0.750 bits per heavy atom. The summed E-state index contributed by atoms with van der Waals surface area (Å²) in [5, 5.41) is 3.18. The first kappa shape index (κ1) is 35.0. The lowest BCUT2D eigenvalue weighted by molar-refractivity contribution is -0.156. The van der Waals surface area contributed by atoms with Crippen LogP contribution in [0.3, 0.4) is 0 Å². The monoisotopic (exact) mass is 712 g/mol. The lowest BCUT2D eigenvalue weighted by Gasteiger charge is -2.36. The van der Waals surface area contributed by atoms with Crippen LogP contribution in [-0.4, -0.2) is 48.6 Å². The first-order chi connectivity index (χ1) is 25.3. The molecule has 0 aromatic heterocycles. The van der Waals surface area contributed by atoms with E-state index in [0.717, 1.165) is 47.1 Å². The molecule has 2 amide bonds. The van der Waals surface area contributed by atoms with E-state index < -0.39 is 30.1 Å².